The van der Waals surface area contributed by atoms with E-state index in [1.165, 1.54) is 5.56 Å². The Hall–Kier alpha value is -3.37. The summed E-state index contributed by atoms with van der Waals surface area (Å²) in [6, 6.07) is 26.0. The molecule has 1 aromatic heterocycles. The lowest BCUT2D eigenvalue weighted by molar-refractivity contribution is 0.0620. The summed E-state index contributed by atoms with van der Waals surface area (Å²) in [7, 11) is 0. The van der Waals surface area contributed by atoms with E-state index in [2.05, 4.69) is 24.0 Å². The highest BCUT2D eigenvalue weighted by Crippen LogP contribution is 2.37. The Kier molecular flexibility index (Phi) is 4.41. The first kappa shape index (κ1) is 17.7. The van der Waals surface area contributed by atoms with Gasteiger partial charge in [0.25, 0.3) is 0 Å². The van der Waals surface area contributed by atoms with Crippen LogP contribution in [0.3, 0.4) is 0 Å². The average Bonchev–Trinajstić information content (AvgIpc) is 2.79. The highest BCUT2D eigenvalue weighted by molar-refractivity contribution is 5.95. The minimum atomic E-state index is -0.349. The third-order valence-corrected chi connectivity index (χ3v) is 5.63. The van der Waals surface area contributed by atoms with Gasteiger partial charge in [-0.3, -0.25) is 4.90 Å². The predicted molar refractivity (Wildman–Crippen MR) is 114 cm³/mol. The summed E-state index contributed by atoms with van der Waals surface area (Å²) < 4.78 is 11.7. The Morgan fingerprint density at radius 2 is 1.66 bits per heavy atom. The van der Waals surface area contributed by atoms with Crippen molar-refractivity contribution in [1.82, 2.24) is 4.90 Å². The molecule has 0 saturated heterocycles. The van der Waals surface area contributed by atoms with E-state index in [0.29, 0.717) is 18.9 Å². The van der Waals surface area contributed by atoms with E-state index in [9.17, 15) is 4.79 Å². The zero-order chi connectivity index (χ0) is 19.8. The summed E-state index contributed by atoms with van der Waals surface area (Å²) >= 11 is 0. The van der Waals surface area contributed by atoms with Gasteiger partial charge >= 0.3 is 5.63 Å². The summed E-state index contributed by atoms with van der Waals surface area (Å²) in [5.74, 6) is 0.780. The molecular weight excluding hydrogens is 362 g/mol. The molecule has 29 heavy (non-hydrogen) atoms. The molecule has 1 aliphatic heterocycles. The molecule has 5 rings (SSSR count). The molecular formula is C25H21NO3. The van der Waals surface area contributed by atoms with E-state index >= 15 is 0 Å². The SMILES string of the molecule is CC(c1ccccc1)N1COc2ccc3c(-c4ccccc4)cc(=O)oc3c2C1. The first-order valence-electron chi connectivity index (χ1n) is 9.77. The maximum atomic E-state index is 12.4. The Labute approximate surface area is 169 Å². The van der Waals surface area contributed by atoms with E-state index in [0.717, 1.165) is 27.8 Å². The molecule has 4 aromatic rings. The largest absolute Gasteiger partial charge is 0.478 e. The molecule has 2 heterocycles. The number of fused-ring (bicyclic) bond motifs is 3. The van der Waals surface area contributed by atoms with Crippen LogP contribution >= 0.6 is 0 Å². The average molecular weight is 383 g/mol. The van der Waals surface area contributed by atoms with Gasteiger partial charge in [-0.15, -0.1) is 0 Å². The lowest BCUT2D eigenvalue weighted by atomic mass is 9.98. The number of hydrogen-bond donors (Lipinski definition) is 0. The fourth-order valence-corrected chi connectivity index (χ4v) is 4.00. The van der Waals surface area contributed by atoms with Crippen molar-refractivity contribution in [2.24, 2.45) is 0 Å². The van der Waals surface area contributed by atoms with Gasteiger partial charge in [-0.1, -0.05) is 60.7 Å². The molecule has 0 amide bonds. The summed E-state index contributed by atoms with van der Waals surface area (Å²) in [5.41, 5.74) is 4.29. The molecule has 1 atom stereocenters. The summed E-state index contributed by atoms with van der Waals surface area (Å²) in [5, 5.41) is 0.923. The van der Waals surface area contributed by atoms with Crippen LogP contribution in [0.2, 0.25) is 0 Å². The van der Waals surface area contributed by atoms with Gasteiger partial charge in [-0.05, 0) is 35.7 Å². The van der Waals surface area contributed by atoms with Gasteiger partial charge in [-0.25, -0.2) is 4.79 Å². The van der Waals surface area contributed by atoms with Crippen molar-refractivity contribution in [1.29, 1.82) is 0 Å². The van der Waals surface area contributed by atoms with Gasteiger partial charge in [0.1, 0.15) is 18.1 Å². The third kappa shape index (κ3) is 3.22. The van der Waals surface area contributed by atoms with Crippen molar-refractivity contribution in [2.45, 2.75) is 19.5 Å². The van der Waals surface area contributed by atoms with E-state index in [4.69, 9.17) is 9.15 Å². The van der Waals surface area contributed by atoms with Gasteiger partial charge in [0.05, 0.1) is 5.56 Å². The van der Waals surface area contributed by atoms with Crippen LogP contribution in [0.5, 0.6) is 5.75 Å². The van der Waals surface area contributed by atoms with Crippen LogP contribution in [-0.4, -0.2) is 11.6 Å². The van der Waals surface area contributed by atoms with Crippen molar-refractivity contribution in [3.05, 3.63) is 100 Å². The Balaban J connectivity index is 1.61. The lowest BCUT2D eigenvalue weighted by Gasteiger charge is -2.34. The number of hydrogen-bond acceptors (Lipinski definition) is 4. The lowest BCUT2D eigenvalue weighted by Crippen LogP contribution is -2.34. The molecule has 0 aliphatic carbocycles. The Bertz CT molecular complexity index is 1220. The normalized spacial score (nSPS) is 14.9. The van der Waals surface area contributed by atoms with Crippen molar-refractivity contribution in [3.8, 4) is 16.9 Å². The zero-order valence-electron chi connectivity index (χ0n) is 16.2. The van der Waals surface area contributed by atoms with Gasteiger partial charge < -0.3 is 9.15 Å². The van der Waals surface area contributed by atoms with Gasteiger partial charge in [0.15, 0.2) is 0 Å². The minimum Gasteiger partial charge on any atom is -0.478 e. The second kappa shape index (κ2) is 7.22. The van der Waals surface area contributed by atoms with E-state index < -0.39 is 0 Å². The second-order valence-electron chi connectivity index (χ2n) is 7.37. The molecule has 0 fully saturated rings. The molecule has 144 valence electrons. The van der Waals surface area contributed by atoms with Crippen molar-refractivity contribution in [2.75, 3.05) is 6.73 Å². The van der Waals surface area contributed by atoms with Crippen LogP contribution in [0, 0.1) is 0 Å². The summed E-state index contributed by atoms with van der Waals surface area (Å²) in [6.07, 6.45) is 0. The Morgan fingerprint density at radius 3 is 2.41 bits per heavy atom. The molecule has 4 heteroatoms. The Morgan fingerprint density at radius 1 is 0.931 bits per heavy atom. The second-order valence-corrected chi connectivity index (χ2v) is 7.37. The minimum absolute atomic E-state index is 0.184. The summed E-state index contributed by atoms with van der Waals surface area (Å²) in [4.78, 5) is 14.6. The fourth-order valence-electron chi connectivity index (χ4n) is 4.00. The van der Waals surface area contributed by atoms with Crippen molar-refractivity contribution in [3.63, 3.8) is 0 Å². The molecule has 1 aliphatic rings. The maximum Gasteiger partial charge on any atom is 0.336 e. The predicted octanol–water partition coefficient (Wildman–Crippen LogP) is 5.37. The van der Waals surface area contributed by atoms with Gasteiger partial charge in [-0.2, -0.15) is 0 Å². The molecule has 0 radical (unpaired) electrons. The zero-order valence-corrected chi connectivity index (χ0v) is 16.2. The van der Waals surface area contributed by atoms with E-state index in [1.54, 1.807) is 6.07 Å². The topological polar surface area (TPSA) is 42.7 Å². The molecule has 0 N–H and O–H groups in total. The number of rotatable bonds is 3. The maximum absolute atomic E-state index is 12.4. The van der Waals surface area contributed by atoms with Crippen LogP contribution < -0.4 is 10.4 Å². The summed E-state index contributed by atoms with van der Waals surface area (Å²) in [6.45, 7) is 3.32. The van der Waals surface area contributed by atoms with Crippen LogP contribution in [0.25, 0.3) is 22.1 Å². The first-order chi connectivity index (χ1) is 14.2. The molecule has 0 saturated carbocycles. The highest BCUT2D eigenvalue weighted by Gasteiger charge is 2.26. The standard InChI is InChI=1S/C25H21NO3/c1-17(18-8-4-2-5-9-18)26-15-22-23(28-16-26)13-12-20-21(14-24(27)29-25(20)22)19-10-6-3-7-11-19/h2-14,17H,15-16H2,1H3. The monoisotopic (exact) mass is 383 g/mol. The van der Waals surface area contributed by atoms with Gasteiger partial charge in [0.2, 0.25) is 0 Å². The first-order valence-corrected chi connectivity index (χ1v) is 9.77. The molecule has 1 unspecified atom stereocenters. The van der Waals surface area contributed by atoms with E-state index in [1.807, 2.05) is 60.7 Å². The van der Waals surface area contributed by atoms with Crippen LogP contribution in [0.1, 0.15) is 24.1 Å². The van der Waals surface area contributed by atoms with Crippen molar-refractivity contribution < 1.29 is 9.15 Å². The van der Waals surface area contributed by atoms with Gasteiger partial charge in [0, 0.05) is 24.0 Å². The third-order valence-electron chi connectivity index (χ3n) is 5.63. The van der Waals surface area contributed by atoms with Crippen LogP contribution in [0.15, 0.2) is 88.1 Å². The quantitative estimate of drug-likeness (QED) is 0.446. The molecule has 4 nitrogen and oxygen atoms in total. The number of nitrogens with zero attached hydrogens (tertiary/aromatic N) is 1. The highest BCUT2D eigenvalue weighted by atomic mass is 16.5. The smallest absolute Gasteiger partial charge is 0.336 e. The van der Waals surface area contributed by atoms with Crippen molar-refractivity contribution >= 4 is 11.0 Å². The molecule has 0 bridgehead atoms. The van der Waals surface area contributed by atoms with Crippen LogP contribution in [-0.2, 0) is 6.54 Å². The fraction of sp³-hybridized carbons (Fsp3) is 0.160. The number of benzene rings is 3. The number of ether oxygens (including phenoxy) is 1. The molecule has 3 aromatic carbocycles. The molecule has 0 spiro atoms. The van der Waals surface area contributed by atoms with E-state index in [-0.39, 0.29) is 11.7 Å². The van der Waals surface area contributed by atoms with Crippen LogP contribution in [0.4, 0.5) is 0 Å².